The van der Waals surface area contributed by atoms with Gasteiger partial charge in [0, 0.05) is 29.0 Å². The van der Waals surface area contributed by atoms with E-state index in [2.05, 4.69) is 15.0 Å². The van der Waals surface area contributed by atoms with Gasteiger partial charge in [0.1, 0.15) is 11.4 Å². The van der Waals surface area contributed by atoms with Crippen molar-refractivity contribution in [3.8, 4) is 11.4 Å². The number of nitro benzene ring substituents is 1. The van der Waals surface area contributed by atoms with Crippen LogP contribution in [0.2, 0.25) is 0 Å². The van der Waals surface area contributed by atoms with E-state index in [1.807, 2.05) is 47.6 Å². The molecule has 212 valence electrons. The van der Waals surface area contributed by atoms with Gasteiger partial charge in [0.2, 0.25) is 10.0 Å². The highest BCUT2D eigenvalue weighted by Crippen LogP contribution is 2.44. The van der Waals surface area contributed by atoms with Gasteiger partial charge in [-0.2, -0.15) is 0 Å². The van der Waals surface area contributed by atoms with Gasteiger partial charge in [-0.05, 0) is 86.2 Å². The summed E-state index contributed by atoms with van der Waals surface area (Å²) >= 11 is 5.82. The van der Waals surface area contributed by atoms with E-state index in [0.717, 1.165) is 34.6 Å². The lowest BCUT2D eigenvalue weighted by molar-refractivity contribution is -0.384. The van der Waals surface area contributed by atoms with Crippen molar-refractivity contribution < 1.29 is 18.1 Å². The van der Waals surface area contributed by atoms with E-state index in [0.29, 0.717) is 22.2 Å². The van der Waals surface area contributed by atoms with Gasteiger partial charge in [-0.25, -0.2) is 8.42 Å². The lowest BCUT2D eigenvalue weighted by Gasteiger charge is -2.28. The molecule has 2 aromatic carbocycles. The molecular formula is C28H28N6O5S2. The van der Waals surface area contributed by atoms with Crippen molar-refractivity contribution >= 4 is 44.4 Å². The van der Waals surface area contributed by atoms with Crippen molar-refractivity contribution in [2.24, 2.45) is 0 Å². The zero-order chi connectivity index (χ0) is 29.5. The summed E-state index contributed by atoms with van der Waals surface area (Å²) in [7, 11) is -1.97. The van der Waals surface area contributed by atoms with Crippen LogP contribution >= 0.6 is 12.2 Å². The molecule has 13 heteroatoms. The molecule has 2 aromatic heterocycles. The van der Waals surface area contributed by atoms with Crippen molar-refractivity contribution in [2.75, 3.05) is 23.0 Å². The van der Waals surface area contributed by atoms with Crippen LogP contribution in [-0.2, 0) is 10.0 Å². The number of benzene rings is 2. The highest BCUT2D eigenvalue weighted by molar-refractivity contribution is 7.92. The Morgan fingerprint density at radius 2 is 1.83 bits per heavy atom. The first-order valence-electron chi connectivity index (χ1n) is 12.6. The lowest BCUT2D eigenvalue weighted by Crippen LogP contribution is -2.29. The standard InChI is InChI=1S/C28H28N6O5S2/c1-17-15-22(18(2)32(17)24-13-12-21(39-3)16-25(24)34(35)36)27-26(23-7-5-6-14-29-23)30-28(40)33(27)20-10-8-19(9-11-20)31-41(4,37)38/h5-16,26-27,31H,1-4H3,(H,30,40). The first-order chi connectivity index (χ1) is 19.5. The largest absolute Gasteiger partial charge is 0.496 e. The Kier molecular flexibility index (Phi) is 7.41. The summed E-state index contributed by atoms with van der Waals surface area (Å²) in [4.78, 5) is 18.2. The van der Waals surface area contributed by atoms with Crippen molar-refractivity contribution in [3.63, 3.8) is 0 Å². The summed E-state index contributed by atoms with van der Waals surface area (Å²) in [5.41, 5.74) is 4.78. The van der Waals surface area contributed by atoms with Crippen LogP contribution in [0.1, 0.15) is 34.7 Å². The van der Waals surface area contributed by atoms with Crippen LogP contribution in [0.5, 0.6) is 5.75 Å². The quantitative estimate of drug-likeness (QED) is 0.166. The Morgan fingerprint density at radius 1 is 1.10 bits per heavy atom. The first kappa shape index (κ1) is 28.1. The smallest absolute Gasteiger partial charge is 0.296 e. The van der Waals surface area contributed by atoms with Crippen LogP contribution in [0.4, 0.5) is 17.1 Å². The van der Waals surface area contributed by atoms with Crippen LogP contribution in [0, 0.1) is 24.0 Å². The molecule has 2 atom stereocenters. The third-order valence-electron chi connectivity index (χ3n) is 6.96. The van der Waals surface area contributed by atoms with E-state index >= 15 is 0 Å². The van der Waals surface area contributed by atoms with E-state index in [1.54, 1.807) is 42.6 Å². The van der Waals surface area contributed by atoms with Gasteiger partial charge in [-0.1, -0.05) is 6.07 Å². The number of thiocarbonyl (C=S) groups is 1. The highest BCUT2D eigenvalue weighted by Gasteiger charge is 2.42. The van der Waals surface area contributed by atoms with E-state index in [-0.39, 0.29) is 17.8 Å². The number of nitrogens with one attached hydrogen (secondary N) is 2. The van der Waals surface area contributed by atoms with E-state index in [1.165, 1.54) is 13.2 Å². The SMILES string of the molecule is COc1ccc(-n2c(C)cc(C3C(c4ccccn4)NC(=S)N3c3ccc(NS(C)(=O)=O)cc3)c2C)c([N+](=O)[O-])c1. The maximum absolute atomic E-state index is 12.0. The minimum Gasteiger partial charge on any atom is -0.496 e. The van der Waals surface area contributed by atoms with Crippen molar-refractivity contribution in [1.29, 1.82) is 0 Å². The maximum atomic E-state index is 12.0. The van der Waals surface area contributed by atoms with Gasteiger partial charge in [0.15, 0.2) is 5.11 Å². The highest BCUT2D eigenvalue weighted by atomic mass is 32.2. The van der Waals surface area contributed by atoms with Crippen LogP contribution in [0.15, 0.2) is 72.9 Å². The van der Waals surface area contributed by atoms with Gasteiger partial charge in [-0.3, -0.25) is 19.8 Å². The molecule has 1 fully saturated rings. The molecule has 11 nitrogen and oxygen atoms in total. The molecule has 0 radical (unpaired) electrons. The van der Waals surface area contributed by atoms with E-state index in [4.69, 9.17) is 17.0 Å². The fourth-order valence-electron chi connectivity index (χ4n) is 5.28. The number of rotatable bonds is 8. The zero-order valence-electron chi connectivity index (χ0n) is 22.7. The normalized spacial score (nSPS) is 16.9. The van der Waals surface area contributed by atoms with E-state index < -0.39 is 14.9 Å². The topological polar surface area (TPSA) is 132 Å². The Labute approximate surface area is 243 Å². The van der Waals surface area contributed by atoms with Gasteiger partial charge < -0.3 is 19.5 Å². The summed E-state index contributed by atoms with van der Waals surface area (Å²) in [6.45, 7) is 3.82. The summed E-state index contributed by atoms with van der Waals surface area (Å²) in [6.07, 6.45) is 2.81. The number of aromatic nitrogens is 2. The molecule has 0 spiro atoms. The number of anilines is 2. The molecule has 1 aliphatic heterocycles. The van der Waals surface area contributed by atoms with Crippen LogP contribution in [0.3, 0.4) is 0 Å². The third kappa shape index (κ3) is 5.45. The molecule has 4 aromatic rings. The van der Waals surface area contributed by atoms with Crippen LogP contribution in [-0.4, -0.2) is 41.4 Å². The number of sulfonamides is 1. The summed E-state index contributed by atoms with van der Waals surface area (Å²) < 4.78 is 33.0. The monoisotopic (exact) mass is 592 g/mol. The summed E-state index contributed by atoms with van der Waals surface area (Å²) in [5, 5.41) is 15.9. The molecule has 0 aliphatic carbocycles. The fraction of sp³-hybridized carbons (Fsp3) is 0.214. The maximum Gasteiger partial charge on any atom is 0.296 e. The van der Waals surface area contributed by atoms with Crippen molar-refractivity contribution in [2.45, 2.75) is 25.9 Å². The molecule has 1 saturated heterocycles. The number of methoxy groups -OCH3 is 1. The van der Waals surface area contributed by atoms with E-state index in [9.17, 15) is 18.5 Å². The Hall–Kier alpha value is -4.49. The Bertz CT molecular complexity index is 1740. The summed E-state index contributed by atoms with van der Waals surface area (Å²) in [5.74, 6) is 0.392. The molecule has 2 unspecified atom stereocenters. The third-order valence-corrected chi connectivity index (χ3v) is 7.88. The molecule has 2 N–H and O–H groups in total. The zero-order valence-corrected chi connectivity index (χ0v) is 24.4. The summed E-state index contributed by atoms with van der Waals surface area (Å²) in [6, 6.07) is 18.7. The minimum absolute atomic E-state index is 0.0788. The lowest BCUT2D eigenvalue weighted by atomic mass is 9.96. The predicted octanol–water partition coefficient (Wildman–Crippen LogP) is 4.95. The number of nitro groups is 1. The Morgan fingerprint density at radius 3 is 2.44 bits per heavy atom. The number of nitrogens with zero attached hydrogens (tertiary/aromatic N) is 4. The minimum atomic E-state index is -3.44. The molecule has 41 heavy (non-hydrogen) atoms. The van der Waals surface area contributed by atoms with Gasteiger partial charge >= 0.3 is 0 Å². The van der Waals surface area contributed by atoms with Gasteiger partial charge in [0.25, 0.3) is 5.69 Å². The fourth-order valence-corrected chi connectivity index (χ4v) is 6.19. The molecule has 1 aliphatic rings. The second-order valence-electron chi connectivity index (χ2n) is 9.69. The predicted molar refractivity (Wildman–Crippen MR) is 161 cm³/mol. The van der Waals surface area contributed by atoms with Crippen LogP contribution < -0.4 is 19.7 Å². The average Bonchev–Trinajstić information content (AvgIpc) is 3.43. The number of hydrogen-bond donors (Lipinski definition) is 2. The second kappa shape index (κ2) is 10.8. The molecule has 0 amide bonds. The molecule has 5 rings (SSSR count). The number of pyridine rings is 1. The van der Waals surface area contributed by atoms with Crippen molar-refractivity contribution in [3.05, 3.63) is 106 Å². The first-order valence-corrected chi connectivity index (χ1v) is 14.9. The number of hydrogen-bond acceptors (Lipinski definition) is 7. The number of ether oxygens (including phenoxy) is 1. The molecule has 3 heterocycles. The van der Waals surface area contributed by atoms with Crippen LogP contribution in [0.25, 0.3) is 5.69 Å². The Balaban J connectivity index is 1.66. The second-order valence-corrected chi connectivity index (χ2v) is 11.8. The molecular weight excluding hydrogens is 564 g/mol. The van der Waals surface area contributed by atoms with Gasteiger partial charge in [0.05, 0.1) is 42.1 Å². The average molecular weight is 593 g/mol. The van der Waals surface area contributed by atoms with Gasteiger partial charge in [-0.15, -0.1) is 0 Å². The molecule has 0 bridgehead atoms. The molecule has 0 saturated carbocycles. The van der Waals surface area contributed by atoms with Crippen molar-refractivity contribution in [1.82, 2.24) is 14.9 Å². The number of aryl methyl sites for hydroxylation is 1.